The number of rotatable bonds is 10. The molecule has 2 aromatic rings. The smallest absolute Gasteiger partial charge is 0.233 e. The molecule has 10 heteroatoms. The second-order valence-corrected chi connectivity index (χ2v) is 17.5. The highest BCUT2D eigenvalue weighted by Gasteiger charge is 2.36. The first-order valence-corrected chi connectivity index (χ1v) is 16.5. The van der Waals surface area contributed by atoms with Crippen molar-refractivity contribution in [1.29, 1.82) is 0 Å². The summed E-state index contributed by atoms with van der Waals surface area (Å²) < 4.78 is 63.7. The van der Waals surface area contributed by atoms with Crippen LogP contribution < -0.4 is 4.74 Å². The number of halogens is 3. The van der Waals surface area contributed by atoms with Crippen LogP contribution in [0.3, 0.4) is 0 Å². The molecule has 184 valence electrons. The second-order valence-electron chi connectivity index (χ2n) is 9.74. The molecule has 1 heterocycles. The number of unbranched alkanes of at least 4 members (excludes halogenated alkanes) is 1. The van der Waals surface area contributed by atoms with Crippen molar-refractivity contribution in [3.63, 3.8) is 0 Å². The van der Waals surface area contributed by atoms with Gasteiger partial charge in [0.05, 0.1) is 10.2 Å². The highest BCUT2D eigenvalue weighted by atomic mass is 79.9. The summed E-state index contributed by atoms with van der Waals surface area (Å²) in [5.41, 5.74) is 0.868. The third-order valence-corrected chi connectivity index (χ3v) is 11.7. The lowest BCUT2D eigenvalue weighted by Gasteiger charge is -2.36. The Bertz CT molecular complexity index is 1090. The lowest BCUT2D eigenvalue weighted by molar-refractivity contribution is 0.279. The van der Waals surface area contributed by atoms with E-state index < -0.39 is 29.8 Å². The topological polar surface area (TPSA) is 65.5 Å². The average molecular weight is 565 g/mol. The van der Waals surface area contributed by atoms with Crippen LogP contribution in [0.5, 0.6) is 11.6 Å². The van der Waals surface area contributed by atoms with Crippen LogP contribution in [0.1, 0.15) is 44.7 Å². The first-order chi connectivity index (χ1) is 15.1. The molecular weight excluding hydrogens is 532 g/mol. The largest absolute Gasteiger partial charge is 0.434 e. The summed E-state index contributed by atoms with van der Waals surface area (Å²) in [5.74, 6) is -1.70. The molecule has 0 spiro atoms. The van der Waals surface area contributed by atoms with Gasteiger partial charge in [0.15, 0.2) is 29.7 Å². The molecule has 0 unspecified atom stereocenters. The van der Waals surface area contributed by atoms with Gasteiger partial charge < -0.3 is 9.16 Å². The molecule has 2 rings (SSSR count). The third-order valence-electron chi connectivity index (χ3n) is 5.69. The average Bonchev–Trinajstić information content (AvgIpc) is 2.63. The van der Waals surface area contributed by atoms with Gasteiger partial charge in [-0.2, -0.15) is 0 Å². The van der Waals surface area contributed by atoms with Crippen LogP contribution in [0.25, 0.3) is 0 Å². The van der Waals surface area contributed by atoms with Crippen LogP contribution in [-0.2, 0) is 26.4 Å². The Morgan fingerprint density at radius 3 is 2.36 bits per heavy atom. The quantitative estimate of drug-likeness (QED) is 0.235. The van der Waals surface area contributed by atoms with E-state index in [-0.39, 0.29) is 22.4 Å². The van der Waals surface area contributed by atoms with Gasteiger partial charge in [-0.15, -0.1) is 0 Å². The third kappa shape index (κ3) is 8.42. The summed E-state index contributed by atoms with van der Waals surface area (Å²) in [5, 5.41) is 0.122. The maximum Gasteiger partial charge on any atom is 0.233 e. The zero-order valence-corrected chi connectivity index (χ0v) is 23.4. The van der Waals surface area contributed by atoms with E-state index in [0.717, 1.165) is 18.7 Å². The number of aryl methyl sites for hydroxylation is 1. The number of aromatic nitrogens is 1. The van der Waals surface area contributed by atoms with Gasteiger partial charge in [0, 0.05) is 30.7 Å². The summed E-state index contributed by atoms with van der Waals surface area (Å²) in [6.07, 6.45) is 4.33. The lowest BCUT2D eigenvalue weighted by atomic mass is 10.1. The van der Waals surface area contributed by atoms with Gasteiger partial charge in [0.2, 0.25) is 5.88 Å². The number of ether oxygens (including phenoxy) is 1. The van der Waals surface area contributed by atoms with Crippen LogP contribution in [0, 0.1) is 11.6 Å². The van der Waals surface area contributed by atoms with E-state index in [0.29, 0.717) is 35.0 Å². The summed E-state index contributed by atoms with van der Waals surface area (Å²) in [6.45, 7) is 11.5. The molecule has 0 radical (unpaired) electrons. The zero-order valence-electron chi connectivity index (χ0n) is 20.0. The van der Waals surface area contributed by atoms with Gasteiger partial charge in [-0.05, 0) is 71.0 Å². The van der Waals surface area contributed by atoms with Crippen molar-refractivity contribution in [2.24, 2.45) is 0 Å². The molecule has 1 aromatic carbocycles. The van der Waals surface area contributed by atoms with Crippen LogP contribution in [0.4, 0.5) is 8.78 Å². The summed E-state index contributed by atoms with van der Waals surface area (Å²) in [4.78, 5) is 4.11. The minimum atomic E-state index is -3.23. The molecule has 0 saturated heterocycles. The molecule has 0 amide bonds. The summed E-state index contributed by atoms with van der Waals surface area (Å²) in [6, 6.07) is 3.59. The Balaban J connectivity index is 2.10. The molecule has 0 aliphatic heterocycles. The number of sulfone groups is 1. The van der Waals surface area contributed by atoms with E-state index in [4.69, 9.17) is 9.16 Å². The second kappa shape index (κ2) is 10.9. The molecule has 0 saturated carbocycles. The molecule has 0 aliphatic rings. The Morgan fingerprint density at radius 1 is 1.12 bits per heavy atom. The Hall–Kier alpha value is -1.36. The molecular formula is C23H32BrF2NO4SSi. The van der Waals surface area contributed by atoms with Gasteiger partial charge in [0.1, 0.15) is 5.82 Å². The fourth-order valence-electron chi connectivity index (χ4n) is 2.89. The molecule has 5 nitrogen and oxygen atoms in total. The first-order valence-electron chi connectivity index (χ1n) is 10.7. The van der Waals surface area contributed by atoms with Crippen molar-refractivity contribution in [3.05, 3.63) is 51.6 Å². The Morgan fingerprint density at radius 2 is 1.79 bits per heavy atom. The summed E-state index contributed by atoms with van der Waals surface area (Å²) in [7, 11) is -5.06. The zero-order chi connectivity index (χ0) is 25.0. The Kier molecular flexibility index (Phi) is 9.23. The predicted molar refractivity (Wildman–Crippen MR) is 133 cm³/mol. The van der Waals surface area contributed by atoms with E-state index in [1.807, 2.05) is 0 Å². The van der Waals surface area contributed by atoms with Crippen molar-refractivity contribution in [1.82, 2.24) is 4.98 Å². The minimum Gasteiger partial charge on any atom is -0.434 e. The first kappa shape index (κ1) is 27.9. The molecule has 0 N–H and O–H groups in total. The van der Waals surface area contributed by atoms with Crippen molar-refractivity contribution in [2.45, 2.75) is 63.9 Å². The van der Waals surface area contributed by atoms with E-state index in [9.17, 15) is 17.2 Å². The highest BCUT2D eigenvalue weighted by Crippen LogP contribution is 2.37. The highest BCUT2D eigenvalue weighted by molar-refractivity contribution is 9.10. The van der Waals surface area contributed by atoms with E-state index in [1.54, 1.807) is 6.07 Å². The van der Waals surface area contributed by atoms with Gasteiger partial charge >= 0.3 is 0 Å². The summed E-state index contributed by atoms with van der Waals surface area (Å²) >= 11 is 3.29. The normalized spacial score (nSPS) is 12.8. The number of nitrogens with zero attached hydrogens (tertiary/aromatic N) is 1. The molecule has 0 bridgehead atoms. The minimum absolute atomic E-state index is 0.0697. The molecule has 33 heavy (non-hydrogen) atoms. The predicted octanol–water partition coefficient (Wildman–Crippen LogP) is 6.80. The van der Waals surface area contributed by atoms with E-state index >= 15 is 0 Å². The van der Waals surface area contributed by atoms with E-state index in [2.05, 4.69) is 54.8 Å². The van der Waals surface area contributed by atoms with Gasteiger partial charge in [-0.25, -0.2) is 22.2 Å². The number of benzene rings is 1. The fraction of sp³-hybridized carbons (Fsp3) is 0.522. The maximum atomic E-state index is 14.6. The van der Waals surface area contributed by atoms with E-state index in [1.165, 1.54) is 12.3 Å². The van der Waals surface area contributed by atoms with Crippen LogP contribution in [0.2, 0.25) is 18.1 Å². The number of hydrogen-bond acceptors (Lipinski definition) is 5. The van der Waals surface area contributed by atoms with Gasteiger partial charge in [-0.1, -0.05) is 20.8 Å². The van der Waals surface area contributed by atoms with Crippen LogP contribution in [-0.4, -0.2) is 34.6 Å². The van der Waals surface area contributed by atoms with Crippen molar-refractivity contribution >= 4 is 34.1 Å². The monoisotopic (exact) mass is 563 g/mol. The van der Waals surface area contributed by atoms with Crippen molar-refractivity contribution in [2.75, 3.05) is 12.9 Å². The molecule has 0 aliphatic carbocycles. The number of hydrogen-bond donors (Lipinski definition) is 0. The number of pyridine rings is 1. The van der Waals surface area contributed by atoms with Crippen molar-refractivity contribution in [3.8, 4) is 11.6 Å². The molecule has 0 fully saturated rings. The standard InChI is InChI=1S/C23H32BrF2NO4SSi/c1-23(2,3)33(5,6)30-10-8-7-9-17-12-18(25)13-20(26)21(17)31-22-19(24)11-16(14-27-22)15-32(4,28)29/h11-14H,7-10,15H2,1-6H3. The van der Waals surface area contributed by atoms with Crippen molar-refractivity contribution < 1.29 is 26.4 Å². The maximum absolute atomic E-state index is 14.6. The van der Waals surface area contributed by atoms with Crippen LogP contribution >= 0.6 is 15.9 Å². The van der Waals surface area contributed by atoms with Gasteiger partial charge in [-0.3, -0.25) is 0 Å². The lowest BCUT2D eigenvalue weighted by Crippen LogP contribution is -2.40. The molecule has 1 aromatic heterocycles. The SMILES string of the molecule is CC(C)(C)[Si](C)(C)OCCCCc1cc(F)cc(F)c1Oc1ncc(CS(C)(=O)=O)cc1Br. The van der Waals surface area contributed by atoms with Gasteiger partial charge in [0.25, 0.3) is 0 Å². The molecule has 0 atom stereocenters. The van der Waals surface area contributed by atoms with Crippen LogP contribution in [0.15, 0.2) is 28.9 Å². The fourth-order valence-corrected chi connectivity index (χ4v) is 5.22. The Labute approximate surface area is 205 Å².